The molecule has 2 N–H and O–H groups in total. The Hall–Kier alpha value is -1.28. The average Bonchev–Trinajstić information content (AvgIpc) is 2.17. The summed E-state index contributed by atoms with van der Waals surface area (Å²) in [6.07, 6.45) is -2.30. The monoisotopic (exact) mass is 206 g/mol. The maximum absolute atomic E-state index is 9.95. The number of rotatable bonds is 7. The van der Waals surface area contributed by atoms with Crippen LogP contribution in [-0.4, -0.2) is 59.6 Å². The molecule has 0 fully saturated rings. The number of nitroso groups, excluding NO2 is 2. The molecular weight excluding hydrogens is 192 g/mol. The summed E-state index contributed by atoms with van der Waals surface area (Å²) in [5.41, 5.74) is 0. The van der Waals surface area contributed by atoms with Gasteiger partial charge in [-0.25, -0.2) is 0 Å². The van der Waals surface area contributed by atoms with Gasteiger partial charge in [0.2, 0.25) is 0 Å². The molecule has 0 unspecified atom stereocenters. The molecule has 0 aromatic heterocycles. The number of likely N-dealkylation sites (N-methyl/N-ethyl adjacent to an activating group) is 2. The van der Waals surface area contributed by atoms with Gasteiger partial charge < -0.3 is 10.2 Å². The van der Waals surface area contributed by atoms with E-state index in [-0.39, 0.29) is 13.1 Å². The van der Waals surface area contributed by atoms with Crippen molar-refractivity contribution in [2.75, 3.05) is 27.2 Å². The first-order valence-corrected chi connectivity index (χ1v) is 3.96. The number of hydrogen-bond acceptors (Lipinski definition) is 6. The third-order valence-electron chi connectivity index (χ3n) is 1.63. The van der Waals surface area contributed by atoms with Crippen molar-refractivity contribution in [1.82, 2.24) is 10.0 Å². The summed E-state index contributed by atoms with van der Waals surface area (Å²) in [4.78, 5) is 19.9. The maximum Gasteiger partial charge on any atom is 0.101 e. The molecule has 14 heavy (non-hydrogen) atoms. The molecule has 0 aliphatic carbocycles. The summed E-state index contributed by atoms with van der Waals surface area (Å²) in [7, 11) is 2.73. The molecule has 0 bridgehead atoms. The summed E-state index contributed by atoms with van der Waals surface area (Å²) < 4.78 is 0. The second-order valence-electron chi connectivity index (χ2n) is 2.98. The maximum atomic E-state index is 9.95. The van der Waals surface area contributed by atoms with E-state index in [1.165, 1.54) is 14.1 Å². The van der Waals surface area contributed by atoms with Crippen molar-refractivity contribution in [2.24, 2.45) is 10.6 Å². The van der Waals surface area contributed by atoms with Crippen molar-refractivity contribution in [1.29, 1.82) is 0 Å². The van der Waals surface area contributed by atoms with Crippen molar-refractivity contribution in [3.05, 3.63) is 9.81 Å². The van der Waals surface area contributed by atoms with Gasteiger partial charge >= 0.3 is 0 Å². The van der Waals surface area contributed by atoms with Crippen molar-refractivity contribution < 1.29 is 10.2 Å². The molecule has 82 valence electrons. The van der Waals surface area contributed by atoms with Gasteiger partial charge in [0.15, 0.2) is 0 Å². The zero-order chi connectivity index (χ0) is 11.1. The van der Waals surface area contributed by atoms with Crippen molar-refractivity contribution >= 4 is 0 Å². The lowest BCUT2D eigenvalue weighted by atomic mass is 10.2. The zero-order valence-corrected chi connectivity index (χ0v) is 8.07. The molecule has 0 aromatic rings. The molecule has 0 aromatic carbocycles. The van der Waals surface area contributed by atoms with Crippen molar-refractivity contribution in [3.8, 4) is 0 Å². The molecule has 0 saturated carbocycles. The predicted molar refractivity (Wildman–Crippen MR) is 48.9 cm³/mol. The van der Waals surface area contributed by atoms with Gasteiger partial charge in [-0.15, -0.1) is 9.81 Å². The lowest BCUT2D eigenvalue weighted by Gasteiger charge is -2.21. The van der Waals surface area contributed by atoms with E-state index in [9.17, 15) is 20.0 Å². The van der Waals surface area contributed by atoms with Gasteiger partial charge in [0, 0.05) is 14.1 Å². The fourth-order valence-electron chi connectivity index (χ4n) is 0.851. The summed E-state index contributed by atoms with van der Waals surface area (Å²) in [6.45, 7) is -0.200. The van der Waals surface area contributed by atoms with Gasteiger partial charge in [0.1, 0.15) is 12.2 Å². The highest BCUT2D eigenvalue weighted by Gasteiger charge is 2.19. The molecule has 0 aliphatic heterocycles. The normalized spacial score (nSPS) is 14.3. The average molecular weight is 206 g/mol. The fourth-order valence-corrected chi connectivity index (χ4v) is 0.851. The Morgan fingerprint density at radius 3 is 1.50 bits per heavy atom. The molecule has 0 aliphatic rings. The SMILES string of the molecule is CN(C[C@@H](O)[C@@H](O)CN(C)N=O)N=O. The van der Waals surface area contributed by atoms with E-state index in [2.05, 4.69) is 10.6 Å². The Labute approximate surface area is 81.0 Å². The highest BCUT2D eigenvalue weighted by Crippen LogP contribution is 1.99. The van der Waals surface area contributed by atoms with Gasteiger partial charge in [-0.3, -0.25) is 10.0 Å². The molecule has 0 radical (unpaired) electrons. The summed E-state index contributed by atoms with van der Waals surface area (Å²) in [5.74, 6) is 0. The smallest absolute Gasteiger partial charge is 0.101 e. The van der Waals surface area contributed by atoms with E-state index >= 15 is 0 Å². The minimum absolute atomic E-state index is 0.0998. The lowest BCUT2D eigenvalue weighted by Crippen LogP contribution is -2.40. The topological polar surface area (TPSA) is 106 Å². The van der Waals surface area contributed by atoms with Crippen LogP contribution in [0.5, 0.6) is 0 Å². The third kappa shape index (κ3) is 4.67. The van der Waals surface area contributed by atoms with Crippen LogP contribution < -0.4 is 0 Å². The summed E-state index contributed by atoms with van der Waals surface area (Å²) >= 11 is 0. The Morgan fingerprint density at radius 1 is 1.00 bits per heavy atom. The molecule has 8 heteroatoms. The predicted octanol–water partition coefficient (Wildman–Crippen LogP) is -1.07. The Balaban J connectivity index is 3.91. The van der Waals surface area contributed by atoms with Gasteiger partial charge in [-0.1, -0.05) is 0 Å². The molecule has 0 amide bonds. The van der Waals surface area contributed by atoms with Crippen molar-refractivity contribution in [3.63, 3.8) is 0 Å². The Kier molecular flexibility index (Phi) is 5.65. The molecule has 0 saturated heterocycles. The summed E-state index contributed by atoms with van der Waals surface area (Å²) in [6, 6.07) is 0. The minimum Gasteiger partial charge on any atom is -0.388 e. The fraction of sp³-hybridized carbons (Fsp3) is 1.00. The lowest BCUT2D eigenvalue weighted by molar-refractivity contribution is -0.0126. The van der Waals surface area contributed by atoms with Crippen LogP contribution in [0.3, 0.4) is 0 Å². The van der Waals surface area contributed by atoms with Crippen LogP contribution >= 0.6 is 0 Å². The molecule has 8 nitrogen and oxygen atoms in total. The first-order valence-electron chi connectivity index (χ1n) is 3.96. The van der Waals surface area contributed by atoms with Crippen LogP contribution in [-0.2, 0) is 0 Å². The van der Waals surface area contributed by atoms with Gasteiger partial charge in [-0.05, 0) is 0 Å². The Morgan fingerprint density at radius 2 is 1.29 bits per heavy atom. The largest absolute Gasteiger partial charge is 0.388 e. The standard InChI is InChI=1S/C6H14N4O4/c1-9(7-13)3-5(11)6(12)4-10(2)8-14/h5-6,11-12H,3-4H2,1-2H3/t5-,6+. The van der Waals surface area contributed by atoms with Crippen LogP contribution in [0.4, 0.5) is 0 Å². The molecular formula is C6H14N4O4. The minimum atomic E-state index is -1.15. The Bertz CT molecular complexity index is 171. The number of nitrogens with zero attached hydrogens (tertiary/aromatic N) is 4. The molecule has 0 rings (SSSR count). The van der Waals surface area contributed by atoms with Crippen LogP contribution in [0, 0.1) is 9.81 Å². The van der Waals surface area contributed by atoms with Crippen LogP contribution in [0.15, 0.2) is 10.6 Å². The van der Waals surface area contributed by atoms with Crippen LogP contribution in [0.25, 0.3) is 0 Å². The molecule has 2 atom stereocenters. The first-order chi connectivity index (χ1) is 6.51. The van der Waals surface area contributed by atoms with Crippen LogP contribution in [0.2, 0.25) is 0 Å². The quantitative estimate of drug-likeness (QED) is 0.406. The third-order valence-corrected chi connectivity index (χ3v) is 1.63. The first kappa shape index (κ1) is 12.7. The van der Waals surface area contributed by atoms with E-state index in [0.717, 1.165) is 10.0 Å². The van der Waals surface area contributed by atoms with E-state index in [1.54, 1.807) is 0 Å². The second kappa shape index (κ2) is 6.22. The molecule has 0 spiro atoms. The van der Waals surface area contributed by atoms with E-state index in [0.29, 0.717) is 0 Å². The number of aliphatic hydroxyl groups excluding tert-OH is 2. The number of aliphatic hydroxyl groups is 2. The van der Waals surface area contributed by atoms with Gasteiger partial charge in [0.05, 0.1) is 23.7 Å². The highest BCUT2D eigenvalue weighted by atomic mass is 16.3. The highest BCUT2D eigenvalue weighted by molar-refractivity contribution is 4.71. The van der Waals surface area contributed by atoms with Gasteiger partial charge in [0.25, 0.3) is 0 Å². The van der Waals surface area contributed by atoms with E-state index in [1.807, 2.05) is 0 Å². The number of hydrogen-bond donors (Lipinski definition) is 2. The second-order valence-corrected chi connectivity index (χ2v) is 2.98. The van der Waals surface area contributed by atoms with E-state index in [4.69, 9.17) is 0 Å². The van der Waals surface area contributed by atoms with E-state index < -0.39 is 12.2 Å². The van der Waals surface area contributed by atoms with Gasteiger partial charge in [-0.2, -0.15) is 0 Å². The summed E-state index contributed by atoms with van der Waals surface area (Å²) in [5, 5.41) is 25.5. The van der Waals surface area contributed by atoms with Crippen LogP contribution in [0.1, 0.15) is 0 Å². The zero-order valence-electron chi connectivity index (χ0n) is 8.07. The van der Waals surface area contributed by atoms with Crippen molar-refractivity contribution in [2.45, 2.75) is 12.2 Å². The molecule has 0 heterocycles.